The van der Waals surface area contributed by atoms with Gasteiger partial charge in [-0.05, 0) is 44.6 Å². The lowest BCUT2D eigenvalue weighted by Gasteiger charge is -2.11. The van der Waals surface area contributed by atoms with Gasteiger partial charge in [0.25, 0.3) is 0 Å². The third-order valence-corrected chi connectivity index (χ3v) is 2.70. The van der Waals surface area contributed by atoms with Crippen LogP contribution in [0, 0.1) is 11.3 Å². The molecular formula is C15H17N5. The largest absolute Gasteiger partial charge is 0.378 e. The molecule has 102 valence electrons. The first-order valence-electron chi connectivity index (χ1n) is 5.94. The van der Waals surface area contributed by atoms with E-state index >= 15 is 0 Å². The fourth-order valence-corrected chi connectivity index (χ4v) is 1.54. The van der Waals surface area contributed by atoms with Crippen molar-refractivity contribution in [2.45, 2.75) is 6.92 Å². The molecule has 0 saturated heterocycles. The summed E-state index contributed by atoms with van der Waals surface area (Å²) in [4.78, 5) is 13.7. The van der Waals surface area contributed by atoms with Crippen LogP contribution in [-0.2, 0) is 0 Å². The summed E-state index contributed by atoms with van der Waals surface area (Å²) in [5, 5.41) is 9.19. The van der Waals surface area contributed by atoms with E-state index in [0.717, 1.165) is 5.69 Å². The Bertz CT molecular complexity index is 590. The highest BCUT2D eigenvalue weighted by Crippen LogP contribution is 2.20. The second-order valence-corrected chi connectivity index (χ2v) is 4.25. The lowest BCUT2D eigenvalue weighted by molar-refractivity contribution is 1.13. The zero-order valence-electron chi connectivity index (χ0n) is 12.0. The summed E-state index contributed by atoms with van der Waals surface area (Å²) >= 11 is 0. The second-order valence-electron chi connectivity index (χ2n) is 4.25. The minimum atomic E-state index is 0.248. The normalized spacial score (nSPS) is 10.4. The molecule has 0 N–H and O–H groups in total. The smallest absolute Gasteiger partial charge is 0.156 e. The van der Waals surface area contributed by atoms with Gasteiger partial charge in [0.2, 0.25) is 0 Å². The third-order valence-electron chi connectivity index (χ3n) is 2.70. The van der Waals surface area contributed by atoms with Gasteiger partial charge < -0.3 is 4.90 Å². The molecule has 0 aromatic heterocycles. The molecule has 0 fully saturated rings. The number of nitrogens with zero attached hydrogens (tertiary/aromatic N) is 5. The van der Waals surface area contributed by atoms with Crippen LogP contribution < -0.4 is 4.90 Å². The van der Waals surface area contributed by atoms with Crippen molar-refractivity contribution in [2.24, 2.45) is 15.0 Å². The van der Waals surface area contributed by atoms with Crippen molar-refractivity contribution in [3.63, 3.8) is 0 Å². The number of rotatable bonds is 5. The van der Waals surface area contributed by atoms with Gasteiger partial charge in [0.05, 0.1) is 5.69 Å². The Balaban J connectivity index is 3.19. The fraction of sp³-hybridized carbons (Fsp3) is 0.200. The Morgan fingerprint density at radius 3 is 2.10 bits per heavy atom. The summed E-state index contributed by atoms with van der Waals surface area (Å²) in [6.07, 6.45) is 0. The van der Waals surface area contributed by atoms with E-state index in [0.29, 0.717) is 17.1 Å². The number of allylic oxidation sites excluding steroid dienone is 1. The van der Waals surface area contributed by atoms with E-state index in [1.807, 2.05) is 49.3 Å². The Morgan fingerprint density at radius 1 is 1.15 bits per heavy atom. The maximum Gasteiger partial charge on any atom is 0.156 e. The molecule has 0 aliphatic heterocycles. The van der Waals surface area contributed by atoms with Gasteiger partial charge in [-0.3, -0.25) is 0 Å². The topological polar surface area (TPSA) is 64.1 Å². The summed E-state index contributed by atoms with van der Waals surface area (Å²) in [7, 11) is 3.92. The molecule has 0 amide bonds. The molecule has 0 saturated carbocycles. The van der Waals surface area contributed by atoms with E-state index < -0.39 is 0 Å². The van der Waals surface area contributed by atoms with Crippen molar-refractivity contribution >= 4 is 30.5 Å². The molecule has 0 bridgehead atoms. The summed E-state index contributed by atoms with van der Waals surface area (Å²) in [5.41, 5.74) is 2.56. The summed E-state index contributed by atoms with van der Waals surface area (Å²) < 4.78 is 0. The standard InChI is InChI=1S/C15H17N5/c1-11(15(17-2)18-3)14(10-16)19-12-6-8-13(9-7-12)20(4)5/h6-9H,2-3H2,1,4-5H3. The van der Waals surface area contributed by atoms with Crippen molar-refractivity contribution in [3.8, 4) is 6.07 Å². The van der Waals surface area contributed by atoms with Crippen molar-refractivity contribution in [1.82, 2.24) is 0 Å². The van der Waals surface area contributed by atoms with Crippen molar-refractivity contribution in [2.75, 3.05) is 19.0 Å². The maximum absolute atomic E-state index is 9.19. The van der Waals surface area contributed by atoms with Crippen LogP contribution >= 0.6 is 0 Å². The van der Waals surface area contributed by atoms with E-state index in [9.17, 15) is 5.26 Å². The minimum absolute atomic E-state index is 0.248. The Kier molecular flexibility index (Phi) is 5.36. The van der Waals surface area contributed by atoms with Crippen LogP contribution in [0.3, 0.4) is 0 Å². The zero-order chi connectivity index (χ0) is 15.1. The number of hydrogen-bond acceptors (Lipinski definition) is 5. The highest BCUT2D eigenvalue weighted by atomic mass is 15.1. The SMILES string of the molecule is C=NC(N=C)=C(C)C(C#N)=Nc1ccc(N(C)C)cc1. The summed E-state index contributed by atoms with van der Waals surface area (Å²) in [6.45, 7) is 8.51. The van der Waals surface area contributed by atoms with Crippen LogP contribution in [0.5, 0.6) is 0 Å². The number of benzene rings is 1. The third kappa shape index (κ3) is 3.62. The van der Waals surface area contributed by atoms with Gasteiger partial charge in [-0.2, -0.15) is 5.26 Å². The van der Waals surface area contributed by atoms with Crippen LogP contribution in [0.4, 0.5) is 11.4 Å². The second kappa shape index (κ2) is 7.00. The number of aliphatic imine (C=N–C) groups is 3. The van der Waals surface area contributed by atoms with Gasteiger partial charge in [-0.15, -0.1) is 0 Å². The molecule has 1 aromatic rings. The van der Waals surface area contributed by atoms with E-state index in [1.54, 1.807) is 6.92 Å². The van der Waals surface area contributed by atoms with E-state index in [4.69, 9.17) is 0 Å². The molecule has 0 unspecified atom stereocenters. The van der Waals surface area contributed by atoms with Gasteiger partial charge in [0, 0.05) is 25.4 Å². The summed E-state index contributed by atoms with van der Waals surface area (Å²) in [5.74, 6) is 0.315. The van der Waals surface area contributed by atoms with Crippen LogP contribution in [0.1, 0.15) is 6.92 Å². The molecular weight excluding hydrogens is 250 g/mol. The lowest BCUT2D eigenvalue weighted by atomic mass is 10.2. The van der Waals surface area contributed by atoms with E-state index in [2.05, 4.69) is 28.4 Å². The zero-order valence-corrected chi connectivity index (χ0v) is 12.0. The highest BCUT2D eigenvalue weighted by molar-refractivity contribution is 6.12. The van der Waals surface area contributed by atoms with E-state index in [1.165, 1.54) is 0 Å². The molecule has 0 aliphatic carbocycles. The highest BCUT2D eigenvalue weighted by Gasteiger charge is 2.07. The molecule has 0 atom stereocenters. The Labute approximate surface area is 119 Å². The molecule has 0 spiro atoms. The molecule has 5 nitrogen and oxygen atoms in total. The summed E-state index contributed by atoms with van der Waals surface area (Å²) in [6, 6.07) is 9.61. The van der Waals surface area contributed by atoms with Crippen LogP contribution in [0.25, 0.3) is 0 Å². The average Bonchev–Trinajstić information content (AvgIpc) is 2.46. The van der Waals surface area contributed by atoms with Crippen molar-refractivity contribution < 1.29 is 0 Å². The fourth-order valence-electron chi connectivity index (χ4n) is 1.54. The van der Waals surface area contributed by atoms with Gasteiger partial charge in [0.1, 0.15) is 11.8 Å². The molecule has 0 aliphatic rings. The van der Waals surface area contributed by atoms with Gasteiger partial charge >= 0.3 is 0 Å². The molecule has 0 radical (unpaired) electrons. The average molecular weight is 267 g/mol. The first-order chi connectivity index (χ1) is 9.53. The van der Waals surface area contributed by atoms with Gasteiger partial charge in [0.15, 0.2) is 5.82 Å². The van der Waals surface area contributed by atoms with Gasteiger partial charge in [-0.1, -0.05) is 0 Å². The molecule has 0 heterocycles. The Hall–Kier alpha value is -2.74. The predicted octanol–water partition coefficient (Wildman–Crippen LogP) is 2.98. The van der Waals surface area contributed by atoms with E-state index in [-0.39, 0.29) is 5.71 Å². The molecule has 20 heavy (non-hydrogen) atoms. The Morgan fingerprint density at radius 2 is 1.70 bits per heavy atom. The number of anilines is 1. The van der Waals surface area contributed by atoms with Crippen molar-refractivity contribution in [1.29, 1.82) is 5.26 Å². The molecule has 1 rings (SSSR count). The van der Waals surface area contributed by atoms with Crippen molar-refractivity contribution in [3.05, 3.63) is 35.7 Å². The molecule has 1 aromatic carbocycles. The predicted molar refractivity (Wildman–Crippen MR) is 85.3 cm³/mol. The first kappa shape index (κ1) is 15.3. The maximum atomic E-state index is 9.19. The minimum Gasteiger partial charge on any atom is -0.378 e. The van der Waals surface area contributed by atoms with Crippen LogP contribution in [0.15, 0.2) is 50.6 Å². The van der Waals surface area contributed by atoms with Crippen LogP contribution in [-0.4, -0.2) is 33.2 Å². The lowest BCUT2D eigenvalue weighted by Crippen LogP contribution is -2.07. The number of hydrogen-bond donors (Lipinski definition) is 0. The quantitative estimate of drug-likeness (QED) is 0.770. The number of nitriles is 1. The monoisotopic (exact) mass is 267 g/mol. The van der Waals surface area contributed by atoms with Crippen LogP contribution in [0.2, 0.25) is 0 Å². The molecule has 5 heteroatoms. The first-order valence-corrected chi connectivity index (χ1v) is 5.94. The van der Waals surface area contributed by atoms with Gasteiger partial charge in [-0.25, -0.2) is 15.0 Å².